The third-order valence-corrected chi connectivity index (χ3v) is 3.34. The van der Waals surface area contributed by atoms with Gasteiger partial charge >= 0.3 is 0 Å². The summed E-state index contributed by atoms with van der Waals surface area (Å²) in [5.41, 5.74) is 2.66. The Morgan fingerprint density at radius 2 is 2.05 bits per heavy atom. The van der Waals surface area contributed by atoms with Crippen molar-refractivity contribution in [2.75, 3.05) is 0 Å². The first-order valence-corrected chi connectivity index (χ1v) is 6.79. The molecule has 98 valence electrons. The molecule has 0 amide bonds. The quantitative estimate of drug-likeness (QED) is 0.691. The van der Waals surface area contributed by atoms with Gasteiger partial charge < -0.3 is 0 Å². The Labute approximate surface area is 124 Å². The number of hydrogen-bond acceptors (Lipinski definition) is 3. The van der Waals surface area contributed by atoms with Crippen molar-refractivity contribution in [3.63, 3.8) is 0 Å². The molecule has 0 atom stereocenters. The first-order chi connectivity index (χ1) is 9.78. The van der Waals surface area contributed by atoms with Crippen molar-refractivity contribution in [2.24, 2.45) is 0 Å². The molecule has 2 heterocycles. The fourth-order valence-electron chi connectivity index (χ4n) is 1.93. The van der Waals surface area contributed by atoms with Gasteiger partial charge in [-0.1, -0.05) is 28.1 Å². The molecule has 3 rings (SSSR count). The van der Waals surface area contributed by atoms with E-state index in [-0.39, 0.29) is 0 Å². The zero-order valence-electron chi connectivity index (χ0n) is 10.4. The summed E-state index contributed by atoms with van der Waals surface area (Å²) in [7, 11) is 0. The highest BCUT2D eigenvalue weighted by Gasteiger charge is 2.12. The molecule has 0 aliphatic carbocycles. The number of benzene rings is 1. The number of halogens is 1. The van der Waals surface area contributed by atoms with Crippen LogP contribution in [0.15, 0.2) is 59.3 Å². The Balaban J connectivity index is 2.12. The average Bonchev–Trinajstić information content (AvgIpc) is 2.92. The Hall–Kier alpha value is -2.27. The molecule has 20 heavy (non-hydrogen) atoms. The van der Waals surface area contributed by atoms with Gasteiger partial charge in [0.05, 0.1) is 16.9 Å². The molecule has 0 saturated heterocycles. The predicted molar refractivity (Wildman–Crippen MR) is 79.9 cm³/mol. The second kappa shape index (κ2) is 5.38. The smallest absolute Gasteiger partial charge is 0.153 e. The van der Waals surface area contributed by atoms with E-state index in [2.05, 4.69) is 26.0 Å². The van der Waals surface area contributed by atoms with E-state index in [1.54, 1.807) is 17.1 Å². The highest BCUT2D eigenvalue weighted by atomic mass is 79.9. The molecular weight excluding hydrogens is 318 g/mol. The summed E-state index contributed by atoms with van der Waals surface area (Å²) < 4.78 is 2.64. The SMILES string of the molecule is O=Cc1cn(-c2cccc(Br)c2)nc1-c1ccccn1. The van der Waals surface area contributed by atoms with Crippen LogP contribution in [0.5, 0.6) is 0 Å². The van der Waals surface area contributed by atoms with Gasteiger partial charge in [0.2, 0.25) is 0 Å². The van der Waals surface area contributed by atoms with E-state index >= 15 is 0 Å². The van der Waals surface area contributed by atoms with Crippen molar-refractivity contribution in [1.29, 1.82) is 0 Å². The first kappa shape index (κ1) is 12.7. The van der Waals surface area contributed by atoms with Gasteiger partial charge in [-0.3, -0.25) is 9.78 Å². The van der Waals surface area contributed by atoms with E-state index in [0.29, 0.717) is 17.0 Å². The lowest BCUT2D eigenvalue weighted by Gasteiger charge is -2.01. The maximum absolute atomic E-state index is 11.2. The highest BCUT2D eigenvalue weighted by Crippen LogP contribution is 2.21. The lowest BCUT2D eigenvalue weighted by molar-refractivity contribution is 0.112. The molecule has 4 nitrogen and oxygen atoms in total. The van der Waals surface area contributed by atoms with Gasteiger partial charge in [-0.05, 0) is 30.3 Å². The van der Waals surface area contributed by atoms with Gasteiger partial charge in [-0.15, -0.1) is 0 Å². The Morgan fingerprint density at radius 3 is 2.75 bits per heavy atom. The molecule has 1 aromatic carbocycles. The van der Waals surface area contributed by atoms with Gasteiger partial charge in [0.15, 0.2) is 6.29 Å². The van der Waals surface area contributed by atoms with Crippen molar-refractivity contribution >= 4 is 22.2 Å². The zero-order valence-corrected chi connectivity index (χ0v) is 12.0. The molecule has 3 aromatic rings. The van der Waals surface area contributed by atoms with Crippen LogP contribution < -0.4 is 0 Å². The summed E-state index contributed by atoms with van der Waals surface area (Å²) in [5, 5.41) is 4.46. The van der Waals surface area contributed by atoms with E-state index < -0.39 is 0 Å². The summed E-state index contributed by atoms with van der Waals surface area (Å²) in [6.45, 7) is 0. The molecule has 0 N–H and O–H groups in total. The van der Waals surface area contributed by atoms with E-state index in [1.165, 1.54) is 0 Å². The van der Waals surface area contributed by atoms with Crippen LogP contribution in [0.1, 0.15) is 10.4 Å². The normalized spacial score (nSPS) is 10.4. The fraction of sp³-hybridized carbons (Fsp3) is 0. The highest BCUT2D eigenvalue weighted by molar-refractivity contribution is 9.10. The minimum Gasteiger partial charge on any atom is -0.298 e. The standard InChI is InChI=1S/C15H10BrN3O/c16-12-4-3-5-13(8-12)19-9-11(10-20)15(18-19)14-6-1-2-7-17-14/h1-10H. The van der Waals surface area contributed by atoms with Crippen molar-refractivity contribution in [3.05, 3.63) is 64.9 Å². The van der Waals surface area contributed by atoms with Crippen LogP contribution in [0, 0.1) is 0 Å². The van der Waals surface area contributed by atoms with Crippen LogP contribution in [-0.2, 0) is 0 Å². The summed E-state index contributed by atoms with van der Waals surface area (Å²) in [5.74, 6) is 0. The summed E-state index contributed by atoms with van der Waals surface area (Å²) in [4.78, 5) is 15.5. The lowest BCUT2D eigenvalue weighted by atomic mass is 10.2. The van der Waals surface area contributed by atoms with Crippen molar-refractivity contribution in [2.45, 2.75) is 0 Å². The predicted octanol–water partition coefficient (Wildman–Crippen LogP) is 3.51. The maximum Gasteiger partial charge on any atom is 0.153 e. The third kappa shape index (κ3) is 2.40. The van der Waals surface area contributed by atoms with Gasteiger partial charge in [0.1, 0.15) is 5.69 Å². The number of hydrogen-bond donors (Lipinski definition) is 0. The minimum atomic E-state index is 0.517. The Kier molecular flexibility index (Phi) is 3.43. The average molecular weight is 328 g/mol. The topological polar surface area (TPSA) is 47.8 Å². The number of carbonyl (C=O) groups excluding carboxylic acids is 1. The van der Waals surface area contributed by atoms with Crippen molar-refractivity contribution in [1.82, 2.24) is 14.8 Å². The van der Waals surface area contributed by atoms with Crippen LogP contribution in [-0.4, -0.2) is 21.1 Å². The molecule has 0 aliphatic heterocycles. The second-order valence-electron chi connectivity index (χ2n) is 4.19. The maximum atomic E-state index is 11.2. The Morgan fingerprint density at radius 1 is 1.15 bits per heavy atom. The van der Waals surface area contributed by atoms with Crippen LogP contribution in [0.3, 0.4) is 0 Å². The lowest BCUT2D eigenvalue weighted by Crippen LogP contribution is -1.94. The van der Waals surface area contributed by atoms with E-state index in [0.717, 1.165) is 16.4 Å². The molecule has 0 unspecified atom stereocenters. The van der Waals surface area contributed by atoms with Crippen molar-refractivity contribution in [3.8, 4) is 17.1 Å². The largest absolute Gasteiger partial charge is 0.298 e. The fourth-order valence-corrected chi connectivity index (χ4v) is 2.31. The molecule has 0 fully saturated rings. The molecule has 0 saturated carbocycles. The monoisotopic (exact) mass is 327 g/mol. The van der Waals surface area contributed by atoms with Gasteiger partial charge in [-0.25, -0.2) is 4.68 Å². The second-order valence-corrected chi connectivity index (χ2v) is 5.11. The van der Waals surface area contributed by atoms with E-state index in [4.69, 9.17) is 0 Å². The van der Waals surface area contributed by atoms with Crippen LogP contribution >= 0.6 is 15.9 Å². The molecular formula is C15H10BrN3O. The minimum absolute atomic E-state index is 0.517. The number of aromatic nitrogens is 3. The summed E-state index contributed by atoms with van der Waals surface area (Å²) in [6, 6.07) is 13.2. The molecule has 0 spiro atoms. The summed E-state index contributed by atoms with van der Waals surface area (Å²) >= 11 is 3.42. The number of pyridine rings is 1. The van der Waals surface area contributed by atoms with Crippen LogP contribution in [0.25, 0.3) is 17.1 Å². The Bertz CT molecular complexity index is 753. The molecule has 0 aliphatic rings. The van der Waals surface area contributed by atoms with E-state index in [9.17, 15) is 4.79 Å². The molecule has 5 heteroatoms. The summed E-state index contributed by atoms with van der Waals surface area (Å²) in [6.07, 6.45) is 4.19. The molecule has 0 bridgehead atoms. The number of nitrogens with zero attached hydrogens (tertiary/aromatic N) is 3. The number of carbonyl (C=O) groups is 1. The molecule has 2 aromatic heterocycles. The first-order valence-electron chi connectivity index (χ1n) is 6.00. The zero-order chi connectivity index (χ0) is 13.9. The number of aldehydes is 1. The van der Waals surface area contributed by atoms with Crippen molar-refractivity contribution < 1.29 is 4.79 Å². The van der Waals surface area contributed by atoms with Crippen LogP contribution in [0.4, 0.5) is 0 Å². The third-order valence-electron chi connectivity index (χ3n) is 2.85. The van der Waals surface area contributed by atoms with Gasteiger partial charge in [-0.2, -0.15) is 5.10 Å². The van der Waals surface area contributed by atoms with Crippen LogP contribution in [0.2, 0.25) is 0 Å². The van der Waals surface area contributed by atoms with Gasteiger partial charge in [0.25, 0.3) is 0 Å². The number of rotatable bonds is 3. The molecule has 0 radical (unpaired) electrons. The van der Waals surface area contributed by atoms with E-state index in [1.807, 2.05) is 42.5 Å². The van der Waals surface area contributed by atoms with Gasteiger partial charge in [0, 0.05) is 16.9 Å².